The van der Waals surface area contributed by atoms with E-state index in [0.29, 0.717) is 0 Å². The molecule has 0 saturated carbocycles. The largest absolute Gasteiger partial charge is 0.342 e. The van der Waals surface area contributed by atoms with Gasteiger partial charge in [0.15, 0.2) is 5.82 Å². The van der Waals surface area contributed by atoms with E-state index in [0.717, 1.165) is 35.3 Å². The van der Waals surface area contributed by atoms with E-state index in [9.17, 15) is 0 Å². The van der Waals surface area contributed by atoms with E-state index in [2.05, 4.69) is 63.8 Å². The zero-order valence-corrected chi connectivity index (χ0v) is 17.0. The third-order valence-corrected chi connectivity index (χ3v) is 6.07. The highest BCUT2D eigenvalue weighted by atomic mass is 15.3. The van der Waals surface area contributed by atoms with Gasteiger partial charge >= 0.3 is 0 Å². The van der Waals surface area contributed by atoms with Crippen molar-refractivity contribution in [1.82, 2.24) is 20.3 Å². The molecule has 2 aromatic heterocycles. The van der Waals surface area contributed by atoms with Gasteiger partial charge in [0.1, 0.15) is 5.84 Å². The number of likely N-dealkylation sites (tertiary alicyclic amines) is 1. The molecule has 3 aliphatic heterocycles. The molecule has 1 saturated heterocycles. The van der Waals surface area contributed by atoms with Gasteiger partial charge < -0.3 is 10.7 Å². The number of pyridine rings is 2. The molecule has 0 spiro atoms. The van der Waals surface area contributed by atoms with E-state index in [-0.39, 0.29) is 17.9 Å². The summed E-state index contributed by atoms with van der Waals surface area (Å²) >= 11 is 0. The monoisotopic (exact) mass is 389 g/mol. The highest BCUT2D eigenvalue weighted by molar-refractivity contribution is 6.06. The third kappa shape index (κ3) is 3.62. The van der Waals surface area contributed by atoms with Gasteiger partial charge in [-0.1, -0.05) is 0 Å². The number of anilines is 1. The summed E-state index contributed by atoms with van der Waals surface area (Å²) in [7, 11) is 0. The van der Waals surface area contributed by atoms with Gasteiger partial charge in [0, 0.05) is 19.0 Å². The summed E-state index contributed by atoms with van der Waals surface area (Å²) in [5.74, 6) is 1.97. The van der Waals surface area contributed by atoms with Gasteiger partial charge in [-0.15, -0.1) is 0 Å². The minimum Gasteiger partial charge on any atom is -0.342 e. The minimum absolute atomic E-state index is 0.107. The molecular formula is C22H27N7. The van der Waals surface area contributed by atoms with E-state index in [4.69, 9.17) is 9.98 Å². The summed E-state index contributed by atoms with van der Waals surface area (Å²) in [6.07, 6.45) is 6.41. The first kappa shape index (κ1) is 18.2. The number of aromatic nitrogens is 2. The second kappa shape index (κ2) is 7.55. The zero-order valence-electron chi connectivity index (χ0n) is 17.0. The van der Waals surface area contributed by atoms with Crippen molar-refractivity contribution in [2.45, 2.75) is 51.1 Å². The number of hydrogen-bond acceptors (Lipinski definition) is 6. The SMILES string of the molecule is CC1C(=Nc2cc(CN3CCCC3)ccn2)Nc2ccc(C3C=NNC3C)nc21. The van der Waals surface area contributed by atoms with Gasteiger partial charge in [0.05, 0.1) is 35.0 Å². The van der Waals surface area contributed by atoms with E-state index in [1.807, 2.05) is 12.4 Å². The van der Waals surface area contributed by atoms with Crippen LogP contribution in [0.25, 0.3) is 0 Å². The lowest BCUT2D eigenvalue weighted by Crippen LogP contribution is -2.22. The molecule has 7 heteroatoms. The summed E-state index contributed by atoms with van der Waals surface area (Å²) < 4.78 is 0. The molecule has 0 radical (unpaired) electrons. The molecule has 3 aliphatic rings. The molecule has 5 heterocycles. The van der Waals surface area contributed by atoms with Crippen LogP contribution in [0.5, 0.6) is 0 Å². The summed E-state index contributed by atoms with van der Waals surface area (Å²) in [6.45, 7) is 7.63. The first-order valence-corrected chi connectivity index (χ1v) is 10.5. The Hall–Kier alpha value is -2.80. The predicted octanol–water partition coefficient (Wildman–Crippen LogP) is 3.39. The first-order chi connectivity index (χ1) is 14.2. The lowest BCUT2D eigenvalue weighted by Gasteiger charge is -2.14. The number of hydrazone groups is 1. The van der Waals surface area contributed by atoms with Crippen molar-refractivity contribution >= 4 is 23.6 Å². The van der Waals surface area contributed by atoms with Gasteiger partial charge in [-0.05, 0) is 69.6 Å². The van der Waals surface area contributed by atoms with Crippen LogP contribution in [0.2, 0.25) is 0 Å². The molecular weight excluding hydrogens is 362 g/mol. The number of aliphatic imine (C=N–C) groups is 1. The number of amidine groups is 1. The minimum atomic E-state index is 0.107. The molecule has 3 unspecified atom stereocenters. The maximum absolute atomic E-state index is 4.94. The van der Waals surface area contributed by atoms with Crippen LogP contribution in [0.4, 0.5) is 11.5 Å². The Morgan fingerprint density at radius 1 is 1.17 bits per heavy atom. The topological polar surface area (TPSA) is 77.8 Å². The molecule has 0 amide bonds. The standard InChI is InChI=1S/C22H27N7/c1-14-21-19(6-5-18(25-21)17-12-24-28-15(17)2)26-22(14)27-20-11-16(7-8-23-20)13-29-9-3-4-10-29/h5-8,11-12,14-15,17,28H,3-4,9-10,13H2,1-2H3,(H,23,26,27). The molecule has 3 atom stereocenters. The maximum atomic E-state index is 4.94. The van der Waals surface area contributed by atoms with Crippen molar-refractivity contribution in [3.8, 4) is 0 Å². The highest BCUT2D eigenvalue weighted by Gasteiger charge is 2.30. The first-order valence-electron chi connectivity index (χ1n) is 10.5. The Bertz CT molecular complexity index is 961. The Kier molecular flexibility index (Phi) is 4.75. The molecule has 5 rings (SSSR count). The second-order valence-corrected chi connectivity index (χ2v) is 8.24. The van der Waals surface area contributed by atoms with Gasteiger partial charge in [-0.2, -0.15) is 5.10 Å². The van der Waals surface area contributed by atoms with Crippen LogP contribution in [-0.4, -0.2) is 46.0 Å². The fourth-order valence-electron chi connectivity index (χ4n) is 4.34. The predicted molar refractivity (Wildman–Crippen MR) is 116 cm³/mol. The number of fused-ring (bicyclic) bond motifs is 1. The van der Waals surface area contributed by atoms with Crippen molar-refractivity contribution in [3.63, 3.8) is 0 Å². The number of hydrogen-bond donors (Lipinski definition) is 2. The molecule has 7 nitrogen and oxygen atoms in total. The van der Waals surface area contributed by atoms with Crippen molar-refractivity contribution in [2.24, 2.45) is 10.1 Å². The van der Waals surface area contributed by atoms with E-state index in [1.165, 1.54) is 31.5 Å². The average Bonchev–Trinajstić information content (AvgIpc) is 3.45. The summed E-state index contributed by atoms with van der Waals surface area (Å²) in [6, 6.07) is 8.64. The van der Waals surface area contributed by atoms with Crippen LogP contribution >= 0.6 is 0 Å². The van der Waals surface area contributed by atoms with Crippen LogP contribution in [0.15, 0.2) is 40.6 Å². The Morgan fingerprint density at radius 2 is 2.03 bits per heavy atom. The van der Waals surface area contributed by atoms with Gasteiger partial charge in [-0.25, -0.2) is 9.98 Å². The van der Waals surface area contributed by atoms with Crippen molar-refractivity contribution in [3.05, 3.63) is 47.4 Å². The van der Waals surface area contributed by atoms with Crippen LogP contribution in [0.1, 0.15) is 55.5 Å². The summed E-state index contributed by atoms with van der Waals surface area (Å²) in [5.41, 5.74) is 7.49. The van der Waals surface area contributed by atoms with Gasteiger partial charge in [-0.3, -0.25) is 9.88 Å². The average molecular weight is 390 g/mol. The van der Waals surface area contributed by atoms with Crippen LogP contribution in [0.3, 0.4) is 0 Å². The Morgan fingerprint density at radius 3 is 2.83 bits per heavy atom. The highest BCUT2D eigenvalue weighted by Crippen LogP contribution is 2.34. The van der Waals surface area contributed by atoms with E-state index >= 15 is 0 Å². The Balaban J connectivity index is 1.36. The van der Waals surface area contributed by atoms with Crippen molar-refractivity contribution in [1.29, 1.82) is 0 Å². The molecule has 2 N–H and O–H groups in total. The van der Waals surface area contributed by atoms with Crippen molar-refractivity contribution in [2.75, 3.05) is 18.4 Å². The van der Waals surface area contributed by atoms with Crippen molar-refractivity contribution < 1.29 is 0 Å². The molecule has 29 heavy (non-hydrogen) atoms. The smallest absolute Gasteiger partial charge is 0.154 e. The lowest BCUT2D eigenvalue weighted by molar-refractivity contribution is 0.331. The van der Waals surface area contributed by atoms with Gasteiger partial charge in [0.2, 0.25) is 0 Å². The fourth-order valence-corrected chi connectivity index (χ4v) is 4.34. The number of nitrogens with one attached hydrogen (secondary N) is 2. The molecule has 0 bridgehead atoms. The fraction of sp³-hybridized carbons (Fsp3) is 0.455. The van der Waals surface area contributed by atoms with E-state index in [1.54, 1.807) is 0 Å². The molecule has 0 aliphatic carbocycles. The van der Waals surface area contributed by atoms with E-state index < -0.39 is 0 Å². The van der Waals surface area contributed by atoms with Crippen LogP contribution in [-0.2, 0) is 6.54 Å². The second-order valence-electron chi connectivity index (χ2n) is 8.24. The Labute approximate surface area is 171 Å². The molecule has 150 valence electrons. The number of rotatable bonds is 4. The summed E-state index contributed by atoms with van der Waals surface area (Å²) in [5, 5.41) is 7.63. The molecule has 0 aromatic carbocycles. The van der Waals surface area contributed by atoms with Gasteiger partial charge in [0.25, 0.3) is 0 Å². The number of nitrogens with zero attached hydrogens (tertiary/aromatic N) is 5. The molecule has 1 fully saturated rings. The molecule has 2 aromatic rings. The van der Waals surface area contributed by atoms with Crippen LogP contribution < -0.4 is 10.7 Å². The van der Waals surface area contributed by atoms with Crippen LogP contribution in [0, 0.1) is 0 Å². The normalized spacial score (nSPS) is 27.2. The maximum Gasteiger partial charge on any atom is 0.154 e. The zero-order chi connectivity index (χ0) is 19.8. The lowest BCUT2D eigenvalue weighted by atomic mass is 9.98. The third-order valence-electron chi connectivity index (χ3n) is 6.07. The quantitative estimate of drug-likeness (QED) is 0.838. The summed E-state index contributed by atoms with van der Waals surface area (Å²) in [4.78, 5) is 16.7.